The number of hydrogen-bond donors (Lipinski definition) is 1. The molecule has 3 aromatic rings. The molecule has 0 aliphatic heterocycles. The highest BCUT2D eigenvalue weighted by molar-refractivity contribution is 7.97. The molecule has 176 valence electrons. The molecule has 6 heteroatoms. The van der Waals surface area contributed by atoms with Crippen LogP contribution in [0.15, 0.2) is 91.0 Å². The van der Waals surface area contributed by atoms with Gasteiger partial charge in [-0.05, 0) is 49.2 Å². The average molecular weight is 478 g/mol. The predicted molar refractivity (Wildman–Crippen MR) is 137 cm³/mol. The molecule has 0 saturated carbocycles. The van der Waals surface area contributed by atoms with Crippen molar-refractivity contribution in [3.63, 3.8) is 0 Å². The molecule has 2 atom stereocenters. The summed E-state index contributed by atoms with van der Waals surface area (Å²) in [5, 5.41) is 11.9. The van der Waals surface area contributed by atoms with Gasteiger partial charge in [-0.3, -0.25) is 9.59 Å². The third-order valence-electron chi connectivity index (χ3n) is 5.77. The van der Waals surface area contributed by atoms with Crippen LogP contribution >= 0.6 is 7.26 Å². The van der Waals surface area contributed by atoms with Gasteiger partial charge in [0, 0.05) is 12.8 Å². The number of hydrogen-bond acceptors (Lipinski definition) is 4. The Hall–Kier alpha value is -3.30. The van der Waals surface area contributed by atoms with Crippen LogP contribution in [0.1, 0.15) is 26.7 Å². The quantitative estimate of drug-likeness (QED) is 0.257. The standard InChI is InChI=1S/C28H29O5P/c1-3-33-28(32)27(25(29)19-21(2)20-26(30)31)34(22-13-7-4-8-14-22,23-15-9-5-10-16-23)24-17-11-6-12-18-24/h4-18,21,27H,3,19-20H2,1-2H3/p+1. The van der Waals surface area contributed by atoms with Gasteiger partial charge in [-0.25, -0.2) is 4.79 Å². The molecular formula is C28H30O5P+. The third kappa shape index (κ3) is 5.43. The van der Waals surface area contributed by atoms with E-state index >= 15 is 0 Å². The molecule has 0 radical (unpaired) electrons. The van der Waals surface area contributed by atoms with Crippen LogP contribution in [-0.2, 0) is 19.1 Å². The number of carbonyl (C=O) groups is 3. The van der Waals surface area contributed by atoms with Crippen molar-refractivity contribution in [3.8, 4) is 0 Å². The van der Waals surface area contributed by atoms with E-state index in [1.807, 2.05) is 91.0 Å². The number of rotatable bonds is 11. The smallest absolute Gasteiger partial charge is 0.356 e. The van der Waals surface area contributed by atoms with Gasteiger partial charge in [0.25, 0.3) is 0 Å². The Balaban J connectivity index is 2.33. The Bertz CT molecular complexity index is 1000. The lowest BCUT2D eigenvalue weighted by atomic mass is 9.99. The topological polar surface area (TPSA) is 80.7 Å². The normalized spacial score (nSPS) is 13.0. The Labute approximate surface area is 201 Å². The lowest BCUT2D eigenvalue weighted by Gasteiger charge is -2.33. The summed E-state index contributed by atoms with van der Waals surface area (Å²) in [6, 6.07) is 29.0. The molecule has 0 heterocycles. The molecule has 34 heavy (non-hydrogen) atoms. The van der Waals surface area contributed by atoms with Crippen molar-refractivity contribution < 1.29 is 24.2 Å². The minimum Gasteiger partial charge on any atom is -0.481 e. The first kappa shape index (κ1) is 25.3. The van der Waals surface area contributed by atoms with E-state index in [1.54, 1.807) is 13.8 Å². The van der Waals surface area contributed by atoms with Crippen molar-refractivity contribution in [1.29, 1.82) is 0 Å². The number of carboxylic acid groups (broad SMARTS) is 1. The number of ketones is 1. The van der Waals surface area contributed by atoms with E-state index in [9.17, 15) is 19.5 Å². The van der Waals surface area contributed by atoms with Crippen LogP contribution in [0.5, 0.6) is 0 Å². The van der Waals surface area contributed by atoms with Crippen molar-refractivity contribution in [2.75, 3.05) is 6.61 Å². The first-order valence-electron chi connectivity index (χ1n) is 11.4. The molecule has 3 aromatic carbocycles. The van der Waals surface area contributed by atoms with E-state index in [2.05, 4.69) is 0 Å². The van der Waals surface area contributed by atoms with E-state index in [0.29, 0.717) is 0 Å². The van der Waals surface area contributed by atoms with Crippen molar-refractivity contribution in [2.45, 2.75) is 32.3 Å². The fourth-order valence-electron chi connectivity index (χ4n) is 4.44. The van der Waals surface area contributed by atoms with E-state index in [-0.39, 0.29) is 25.2 Å². The van der Waals surface area contributed by atoms with Crippen LogP contribution in [0.4, 0.5) is 0 Å². The second-order valence-electron chi connectivity index (χ2n) is 8.26. The monoisotopic (exact) mass is 477 g/mol. The zero-order chi connectivity index (χ0) is 24.6. The van der Waals surface area contributed by atoms with Crippen LogP contribution < -0.4 is 15.9 Å². The highest BCUT2D eigenvalue weighted by atomic mass is 31.2. The van der Waals surface area contributed by atoms with Crippen molar-refractivity contribution in [3.05, 3.63) is 91.0 Å². The summed E-state index contributed by atoms with van der Waals surface area (Å²) in [5.41, 5.74) is -1.09. The zero-order valence-corrected chi connectivity index (χ0v) is 20.4. The lowest BCUT2D eigenvalue weighted by Crippen LogP contribution is -2.47. The number of aliphatic carboxylic acids is 1. The molecule has 2 unspecified atom stereocenters. The van der Waals surface area contributed by atoms with E-state index in [4.69, 9.17) is 4.74 Å². The molecular weight excluding hydrogens is 447 g/mol. The molecule has 5 nitrogen and oxygen atoms in total. The van der Waals surface area contributed by atoms with Gasteiger partial charge in [0.1, 0.15) is 23.2 Å². The summed E-state index contributed by atoms with van der Waals surface area (Å²) in [6.45, 7) is 3.59. The van der Waals surface area contributed by atoms with Gasteiger partial charge in [-0.2, -0.15) is 0 Å². The molecule has 0 aliphatic rings. The fraction of sp³-hybridized carbons (Fsp3) is 0.250. The maximum Gasteiger partial charge on any atom is 0.356 e. The Morgan fingerprint density at radius 3 is 1.53 bits per heavy atom. The molecule has 0 saturated heterocycles. The van der Waals surface area contributed by atoms with Crippen molar-refractivity contribution in [2.24, 2.45) is 5.92 Å². The first-order valence-corrected chi connectivity index (χ1v) is 13.2. The Morgan fingerprint density at radius 1 is 0.765 bits per heavy atom. The van der Waals surface area contributed by atoms with Crippen LogP contribution in [-0.4, -0.2) is 35.1 Å². The summed E-state index contributed by atoms with van der Waals surface area (Å²) < 4.78 is 5.51. The third-order valence-corrected chi connectivity index (χ3v) is 10.4. The highest BCUT2D eigenvalue weighted by Crippen LogP contribution is 2.60. The molecule has 0 amide bonds. The predicted octanol–water partition coefficient (Wildman–Crippen LogP) is 3.98. The van der Waals surface area contributed by atoms with Crippen molar-refractivity contribution >= 4 is 40.9 Å². The number of carboxylic acids is 1. The largest absolute Gasteiger partial charge is 0.481 e. The van der Waals surface area contributed by atoms with Gasteiger partial charge in [0.2, 0.25) is 5.66 Å². The van der Waals surface area contributed by atoms with Crippen LogP contribution in [0, 0.1) is 5.92 Å². The van der Waals surface area contributed by atoms with Crippen LogP contribution in [0.3, 0.4) is 0 Å². The van der Waals surface area contributed by atoms with Gasteiger partial charge in [-0.1, -0.05) is 61.5 Å². The molecule has 3 rings (SSSR count). The summed E-state index contributed by atoms with van der Waals surface area (Å²) in [6.07, 6.45) is -0.168. The summed E-state index contributed by atoms with van der Waals surface area (Å²) in [7, 11) is -2.87. The number of esters is 1. The van der Waals surface area contributed by atoms with E-state index < -0.39 is 30.8 Å². The summed E-state index contributed by atoms with van der Waals surface area (Å²) in [5.74, 6) is -2.24. The molecule has 0 aliphatic carbocycles. The number of Topliss-reactive ketones (excluding diaryl/α,β-unsaturated/α-hetero) is 1. The molecule has 0 bridgehead atoms. The first-order chi connectivity index (χ1) is 16.4. The zero-order valence-electron chi connectivity index (χ0n) is 19.5. The SMILES string of the molecule is CCOC(=O)C(C(=O)CC(C)CC(=O)O)[P+](c1ccccc1)(c1ccccc1)c1ccccc1. The highest BCUT2D eigenvalue weighted by Gasteiger charge is 2.59. The lowest BCUT2D eigenvalue weighted by molar-refractivity contribution is -0.145. The van der Waals surface area contributed by atoms with Crippen LogP contribution in [0.2, 0.25) is 0 Å². The van der Waals surface area contributed by atoms with Gasteiger partial charge in [-0.15, -0.1) is 0 Å². The maximum absolute atomic E-state index is 14.0. The number of carbonyl (C=O) groups excluding carboxylic acids is 2. The van der Waals surface area contributed by atoms with E-state index in [0.717, 1.165) is 15.9 Å². The molecule has 0 fully saturated rings. The average Bonchev–Trinajstić information content (AvgIpc) is 2.83. The van der Waals surface area contributed by atoms with Crippen molar-refractivity contribution in [1.82, 2.24) is 0 Å². The second-order valence-corrected chi connectivity index (χ2v) is 11.8. The Morgan fingerprint density at radius 2 is 1.18 bits per heavy atom. The van der Waals surface area contributed by atoms with Gasteiger partial charge >= 0.3 is 11.9 Å². The van der Waals surface area contributed by atoms with E-state index in [1.165, 1.54) is 0 Å². The Kier molecular flexibility index (Phi) is 8.72. The fourth-order valence-corrected chi connectivity index (χ4v) is 9.08. The molecule has 0 aromatic heterocycles. The molecule has 1 N–H and O–H groups in total. The molecule has 0 spiro atoms. The number of ether oxygens (including phenoxy) is 1. The van der Waals surface area contributed by atoms with Gasteiger partial charge in [0.15, 0.2) is 5.78 Å². The maximum atomic E-state index is 14.0. The summed E-state index contributed by atoms with van der Waals surface area (Å²) in [4.78, 5) is 38.8. The minimum atomic E-state index is -2.87. The number of benzene rings is 3. The van der Waals surface area contributed by atoms with Crippen LogP contribution in [0.25, 0.3) is 0 Å². The second kappa shape index (κ2) is 11.7. The van der Waals surface area contributed by atoms with Gasteiger partial charge < -0.3 is 9.84 Å². The minimum absolute atomic E-state index is 0.0238. The van der Waals surface area contributed by atoms with Gasteiger partial charge in [0.05, 0.1) is 6.61 Å². The summed E-state index contributed by atoms with van der Waals surface area (Å²) >= 11 is 0.